The minimum atomic E-state index is -4.37. The molecule has 0 bridgehead atoms. The highest BCUT2D eigenvalue weighted by Gasteiger charge is 2.33. The average molecular weight is 648 g/mol. The summed E-state index contributed by atoms with van der Waals surface area (Å²) in [7, 11) is 0. The fourth-order valence-electron chi connectivity index (χ4n) is 6.10. The molecule has 0 aliphatic carbocycles. The summed E-state index contributed by atoms with van der Waals surface area (Å²) in [6.07, 6.45) is -3.62. The number of alkyl halides is 3. The molecule has 0 spiro atoms. The minimum absolute atomic E-state index is 0.116. The second-order valence-corrected chi connectivity index (χ2v) is 12.7. The van der Waals surface area contributed by atoms with Crippen molar-refractivity contribution in [1.82, 2.24) is 9.80 Å². The highest BCUT2D eigenvalue weighted by Crippen LogP contribution is 2.49. The second-order valence-electron chi connectivity index (χ2n) is 11.6. The van der Waals surface area contributed by atoms with Gasteiger partial charge in [-0.15, -0.1) is 0 Å². The Morgan fingerprint density at radius 3 is 1.91 bits per heavy atom. The summed E-state index contributed by atoms with van der Waals surface area (Å²) in [4.78, 5) is 8.89. The lowest BCUT2D eigenvalue weighted by Crippen LogP contribution is -2.47. The van der Waals surface area contributed by atoms with Gasteiger partial charge in [-0.3, -0.25) is 4.90 Å². The van der Waals surface area contributed by atoms with Crippen LogP contribution in [0.5, 0.6) is 0 Å². The fourth-order valence-corrected chi connectivity index (χ4v) is 7.17. The molecule has 4 aromatic rings. The van der Waals surface area contributed by atoms with E-state index in [-0.39, 0.29) is 6.10 Å². The average Bonchev–Trinajstić information content (AvgIpc) is 3.08. The van der Waals surface area contributed by atoms with E-state index in [0.29, 0.717) is 32.1 Å². The van der Waals surface area contributed by atoms with Gasteiger partial charge in [0.2, 0.25) is 0 Å². The Balaban J connectivity index is 0.917. The highest BCUT2D eigenvalue weighted by atomic mass is 32.2. The molecule has 0 saturated carbocycles. The Morgan fingerprint density at radius 2 is 1.24 bits per heavy atom. The van der Waals surface area contributed by atoms with E-state index in [2.05, 4.69) is 39.0 Å². The molecule has 2 aliphatic heterocycles. The second kappa shape index (κ2) is 15.5. The highest BCUT2D eigenvalue weighted by molar-refractivity contribution is 7.99. The summed E-state index contributed by atoms with van der Waals surface area (Å²) in [5.41, 5.74) is 3.28. The number of fused-ring (bicyclic) bond motifs is 2. The van der Waals surface area contributed by atoms with E-state index < -0.39 is 11.7 Å². The van der Waals surface area contributed by atoms with Crippen LogP contribution in [0.25, 0.3) is 0 Å². The monoisotopic (exact) mass is 647 g/mol. The van der Waals surface area contributed by atoms with Crippen LogP contribution in [0.1, 0.15) is 29.2 Å². The van der Waals surface area contributed by atoms with Gasteiger partial charge in [0.15, 0.2) is 0 Å². The van der Waals surface area contributed by atoms with Gasteiger partial charge < -0.3 is 19.3 Å². The first-order chi connectivity index (χ1) is 22.5. The van der Waals surface area contributed by atoms with E-state index >= 15 is 0 Å². The first-order valence-electron chi connectivity index (χ1n) is 16.0. The first-order valence-corrected chi connectivity index (χ1v) is 16.8. The van der Waals surface area contributed by atoms with Crippen molar-refractivity contribution in [2.24, 2.45) is 0 Å². The number of hydrogen-bond acceptors (Lipinski definition) is 6. The Kier molecular flexibility index (Phi) is 11.0. The third kappa shape index (κ3) is 8.32. The molecule has 4 aromatic carbocycles. The molecule has 2 aliphatic rings. The molecule has 0 amide bonds. The van der Waals surface area contributed by atoms with Crippen LogP contribution in [0.3, 0.4) is 0 Å². The van der Waals surface area contributed by atoms with Crippen molar-refractivity contribution in [2.75, 3.05) is 70.5 Å². The zero-order valence-corrected chi connectivity index (χ0v) is 26.7. The van der Waals surface area contributed by atoms with Gasteiger partial charge in [-0.2, -0.15) is 13.2 Å². The number of halogens is 3. The molecule has 0 unspecified atom stereocenters. The number of anilines is 2. The minimum Gasteiger partial charge on any atom is -0.378 e. The third-order valence-electron chi connectivity index (χ3n) is 8.54. The Bertz CT molecular complexity index is 1490. The van der Waals surface area contributed by atoms with Crippen LogP contribution < -0.4 is 4.90 Å². The lowest BCUT2D eigenvalue weighted by atomic mass is 10.0. The summed E-state index contributed by atoms with van der Waals surface area (Å²) in [6, 6.07) is 32.6. The number of ether oxygens (including phenoxy) is 2. The predicted molar refractivity (Wildman–Crippen MR) is 178 cm³/mol. The molecule has 0 aromatic heterocycles. The number of nitrogens with zero attached hydrogens (tertiary/aromatic N) is 3. The van der Waals surface area contributed by atoms with Gasteiger partial charge in [0.25, 0.3) is 0 Å². The molecule has 6 rings (SSSR count). The van der Waals surface area contributed by atoms with E-state index in [0.717, 1.165) is 72.3 Å². The number of para-hydroxylation sites is 1. The normalized spacial score (nSPS) is 15.6. The van der Waals surface area contributed by atoms with E-state index in [1.165, 1.54) is 23.9 Å². The lowest BCUT2D eigenvalue weighted by molar-refractivity contribution is -0.137. The van der Waals surface area contributed by atoms with Crippen molar-refractivity contribution in [3.8, 4) is 0 Å². The van der Waals surface area contributed by atoms with Gasteiger partial charge in [-0.05, 0) is 54.4 Å². The summed E-state index contributed by atoms with van der Waals surface area (Å²) < 4.78 is 52.8. The van der Waals surface area contributed by atoms with Crippen molar-refractivity contribution in [2.45, 2.75) is 28.5 Å². The van der Waals surface area contributed by atoms with E-state index in [1.807, 2.05) is 60.7 Å². The van der Waals surface area contributed by atoms with Gasteiger partial charge in [-0.1, -0.05) is 84.6 Å². The van der Waals surface area contributed by atoms with Crippen molar-refractivity contribution in [1.29, 1.82) is 0 Å². The Hall–Kier alpha value is -3.34. The molecule has 0 N–H and O–H groups in total. The molecule has 0 atom stereocenters. The summed E-state index contributed by atoms with van der Waals surface area (Å²) in [5.74, 6) is 0. The van der Waals surface area contributed by atoms with E-state index in [1.54, 1.807) is 6.07 Å². The van der Waals surface area contributed by atoms with Crippen LogP contribution in [0, 0.1) is 0 Å². The topological polar surface area (TPSA) is 28.2 Å². The fraction of sp³-hybridized carbons (Fsp3) is 0.351. The summed E-state index contributed by atoms with van der Waals surface area (Å²) in [6.45, 7) is 8.08. The van der Waals surface area contributed by atoms with E-state index in [9.17, 15) is 13.2 Å². The molecule has 5 nitrogen and oxygen atoms in total. The number of rotatable bonds is 13. The molecule has 46 heavy (non-hydrogen) atoms. The van der Waals surface area contributed by atoms with Crippen LogP contribution >= 0.6 is 11.8 Å². The van der Waals surface area contributed by atoms with Gasteiger partial charge in [-0.25, -0.2) is 0 Å². The third-order valence-corrected chi connectivity index (χ3v) is 9.67. The van der Waals surface area contributed by atoms with Gasteiger partial charge >= 0.3 is 6.18 Å². The molecule has 1 saturated heterocycles. The van der Waals surface area contributed by atoms with Gasteiger partial charge in [0.05, 0.1) is 36.8 Å². The molecule has 0 radical (unpaired) electrons. The Morgan fingerprint density at radius 1 is 0.630 bits per heavy atom. The maximum atomic E-state index is 13.5. The zero-order valence-electron chi connectivity index (χ0n) is 25.9. The van der Waals surface area contributed by atoms with Gasteiger partial charge in [0.1, 0.15) is 6.10 Å². The standard InChI is InChI=1S/C37H40F3N3O2S/c38-37(39,40)31-16-17-35-33(28-31)43(32-14-7-8-15-34(32)46-35)19-9-18-41-20-22-42(23-21-41)24-25-44-26-27-45-36(29-10-3-1-4-11-29)30-12-5-2-6-13-30/h1-8,10-17,28,36H,9,18-27H2. The maximum Gasteiger partial charge on any atom is 0.416 e. The van der Waals surface area contributed by atoms with Crippen LogP contribution in [-0.2, 0) is 15.7 Å². The lowest BCUT2D eigenvalue weighted by Gasteiger charge is -2.36. The zero-order chi connectivity index (χ0) is 31.8. The van der Waals surface area contributed by atoms with Crippen molar-refractivity contribution >= 4 is 23.1 Å². The van der Waals surface area contributed by atoms with E-state index in [4.69, 9.17) is 9.47 Å². The van der Waals surface area contributed by atoms with Crippen molar-refractivity contribution < 1.29 is 22.6 Å². The predicted octanol–water partition coefficient (Wildman–Crippen LogP) is 8.14. The van der Waals surface area contributed by atoms with Crippen LogP contribution in [0.15, 0.2) is 113 Å². The van der Waals surface area contributed by atoms with Crippen molar-refractivity contribution in [3.63, 3.8) is 0 Å². The summed E-state index contributed by atoms with van der Waals surface area (Å²) in [5, 5.41) is 0. The largest absolute Gasteiger partial charge is 0.416 e. The number of benzene rings is 4. The molecular weight excluding hydrogens is 607 g/mol. The van der Waals surface area contributed by atoms with Gasteiger partial charge in [0, 0.05) is 49.1 Å². The maximum absolute atomic E-state index is 13.5. The number of piperazine rings is 1. The van der Waals surface area contributed by atoms with Crippen molar-refractivity contribution in [3.05, 3.63) is 120 Å². The molecule has 1 fully saturated rings. The molecular formula is C37H40F3N3O2S. The first kappa shape index (κ1) is 32.6. The molecule has 9 heteroatoms. The number of hydrogen-bond donors (Lipinski definition) is 0. The molecule has 2 heterocycles. The Labute approximate surface area is 273 Å². The quantitative estimate of drug-likeness (QED) is 0.136. The van der Waals surface area contributed by atoms with Crippen LogP contribution in [0.4, 0.5) is 24.5 Å². The smallest absolute Gasteiger partial charge is 0.378 e. The van der Waals surface area contributed by atoms with Crippen LogP contribution in [-0.4, -0.2) is 75.4 Å². The summed E-state index contributed by atoms with van der Waals surface area (Å²) >= 11 is 1.53. The SMILES string of the molecule is FC(F)(F)c1ccc2c(c1)N(CCCN1CCN(CCOCCOC(c3ccccc3)c3ccccc3)CC1)c1ccccc1S2. The van der Waals surface area contributed by atoms with Crippen LogP contribution in [0.2, 0.25) is 0 Å². The molecule has 242 valence electrons.